The lowest BCUT2D eigenvalue weighted by Gasteiger charge is -2.21. The van der Waals surface area contributed by atoms with Crippen molar-refractivity contribution in [2.75, 3.05) is 0 Å². The molecule has 3 nitrogen and oxygen atoms in total. The number of hydrogen-bond donors (Lipinski definition) is 0. The van der Waals surface area contributed by atoms with E-state index in [1.807, 2.05) is 6.07 Å². The molecule has 0 bridgehead atoms. The third-order valence-electron chi connectivity index (χ3n) is 2.24. The predicted molar refractivity (Wildman–Crippen MR) is 57.1 cm³/mol. The summed E-state index contributed by atoms with van der Waals surface area (Å²) in [5.41, 5.74) is 0. The molecule has 0 heterocycles. The van der Waals surface area contributed by atoms with E-state index in [4.69, 9.17) is 4.74 Å². The van der Waals surface area contributed by atoms with Crippen LogP contribution >= 0.6 is 12.4 Å². The van der Waals surface area contributed by atoms with Crippen LogP contribution in [0.3, 0.4) is 0 Å². The van der Waals surface area contributed by atoms with E-state index in [1.54, 1.807) is 24.3 Å². The summed E-state index contributed by atoms with van der Waals surface area (Å²) in [5, 5.41) is 0. The van der Waals surface area contributed by atoms with Crippen molar-refractivity contribution in [3.8, 4) is 5.75 Å². The van der Waals surface area contributed by atoms with Crippen molar-refractivity contribution in [3.05, 3.63) is 30.3 Å². The molecule has 0 aliphatic heterocycles. The molecule has 1 aliphatic rings. The van der Waals surface area contributed by atoms with Crippen LogP contribution < -0.4 is 4.74 Å². The number of halogens is 1. The average Bonchev–Trinajstić information content (AvgIpc) is 2.14. The fourth-order valence-corrected chi connectivity index (χ4v) is 1.34. The normalized spacial score (nSPS) is 15.1. The van der Waals surface area contributed by atoms with Gasteiger partial charge in [0.15, 0.2) is 0 Å². The van der Waals surface area contributed by atoms with Crippen LogP contribution in [-0.2, 0) is 9.59 Å². The van der Waals surface area contributed by atoms with E-state index in [1.165, 1.54) is 0 Å². The number of Topliss-reactive ketones (excluding diaryl/α,β-unsaturated/α-hetero) is 1. The first kappa shape index (κ1) is 11.7. The zero-order chi connectivity index (χ0) is 9.97. The van der Waals surface area contributed by atoms with Gasteiger partial charge in [0, 0.05) is 12.8 Å². The van der Waals surface area contributed by atoms with Gasteiger partial charge in [0.1, 0.15) is 11.5 Å². The van der Waals surface area contributed by atoms with Gasteiger partial charge < -0.3 is 4.74 Å². The summed E-state index contributed by atoms with van der Waals surface area (Å²) in [7, 11) is 0. The average molecular weight is 227 g/mol. The molecule has 1 aromatic rings. The topological polar surface area (TPSA) is 43.4 Å². The van der Waals surface area contributed by atoms with E-state index in [-0.39, 0.29) is 30.1 Å². The lowest BCUT2D eigenvalue weighted by Crippen LogP contribution is -2.33. The van der Waals surface area contributed by atoms with E-state index >= 15 is 0 Å². The Morgan fingerprint density at radius 3 is 2.33 bits per heavy atom. The molecule has 0 N–H and O–H groups in total. The maximum atomic E-state index is 11.4. The van der Waals surface area contributed by atoms with E-state index < -0.39 is 0 Å². The molecule has 1 aromatic carbocycles. The van der Waals surface area contributed by atoms with Gasteiger partial charge in [-0.05, 0) is 12.1 Å². The minimum absolute atomic E-state index is 0. The molecular weight excluding hydrogens is 216 g/mol. The maximum absolute atomic E-state index is 11.4. The zero-order valence-corrected chi connectivity index (χ0v) is 8.83. The number of carbonyl (C=O) groups is 2. The monoisotopic (exact) mass is 226 g/mol. The van der Waals surface area contributed by atoms with Gasteiger partial charge in [-0.2, -0.15) is 0 Å². The van der Waals surface area contributed by atoms with Gasteiger partial charge in [0.05, 0.1) is 5.92 Å². The fourth-order valence-electron chi connectivity index (χ4n) is 1.34. The van der Waals surface area contributed by atoms with Crippen molar-refractivity contribution < 1.29 is 14.3 Å². The third-order valence-corrected chi connectivity index (χ3v) is 2.24. The standard InChI is InChI=1S/C11H10O3.ClH/c12-9-6-8(7-9)11(13)14-10-4-2-1-3-5-10;/h1-5,8H,6-7H2;1H. The maximum Gasteiger partial charge on any atom is 0.315 e. The highest BCUT2D eigenvalue weighted by Crippen LogP contribution is 2.24. The number of ketones is 1. The Hall–Kier alpha value is -1.35. The van der Waals surface area contributed by atoms with Crippen molar-refractivity contribution in [3.63, 3.8) is 0 Å². The smallest absolute Gasteiger partial charge is 0.315 e. The minimum atomic E-state index is -0.296. The van der Waals surface area contributed by atoms with Crippen molar-refractivity contribution >= 4 is 24.2 Å². The van der Waals surface area contributed by atoms with Crippen LogP contribution in [0.5, 0.6) is 5.75 Å². The largest absolute Gasteiger partial charge is 0.426 e. The molecule has 0 atom stereocenters. The SMILES string of the molecule is Cl.O=C1CC(C(=O)Oc2ccccc2)C1. The molecule has 1 fully saturated rings. The summed E-state index contributed by atoms with van der Waals surface area (Å²) in [6.45, 7) is 0. The van der Waals surface area contributed by atoms with E-state index in [9.17, 15) is 9.59 Å². The van der Waals surface area contributed by atoms with Gasteiger partial charge in [0.2, 0.25) is 0 Å². The van der Waals surface area contributed by atoms with Gasteiger partial charge >= 0.3 is 5.97 Å². The minimum Gasteiger partial charge on any atom is -0.426 e. The second-order valence-corrected chi connectivity index (χ2v) is 3.38. The van der Waals surface area contributed by atoms with Crippen LogP contribution in [0.4, 0.5) is 0 Å². The third kappa shape index (κ3) is 2.80. The second kappa shape index (κ2) is 4.94. The van der Waals surface area contributed by atoms with Crippen molar-refractivity contribution in [1.82, 2.24) is 0 Å². The molecule has 1 aliphatic carbocycles. The van der Waals surface area contributed by atoms with E-state index in [0.29, 0.717) is 18.6 Å². The first-order chi connectivity index (χ1) is 6.75. The van der Waals surface area contributed by atoms with Crippen molar-refractivity contribution in [2.24, 2.45) is 5.92 Å². The zero-order valence-electron chi connectivity index (χ0n) is 8.01. The number of carbonyl (C=O) groups excluding carboxylic acids is 2. The number of benzene rings is 1. The number of para-hydroxylation sites is 1. The summed E-state index contributed by atoms with van der Waals surface area (Å²) >= 11 is 0. The number of hydrogen-bond acceptors (Lipinski definition) is 3. The molecule has 4 heteroatoms. The van der Waals surface area contributed by atoms with Crippen molar-refractivity contribution in [2.45, 2.75) is 12.8 Å². The molecule has 80 valence electrons. The quantitative estimate of drug-likeness (QED) is 0.572. The fraction of sp³-hybridized carbons (Fsp3) is 0.273. The molecule has 0 aromatic heterocycles. The van der Waals surface area contributed by atoms with Gasteiger partial charge in [-0.3, -0.25) is 9.59 Å². The van der Waals surface area contributed by atoms with E-state index in [2.05, 4.69) is 0 Å². The first-order valence-electron chi connectivity index (χ1n) is 4.54. The van der Waals surface area contributed by atoms with E-state index in [0.717, 1.165) is 0 Å². The molecule has 15 heavy (non-hydrogen) atoms. The Morgan fingerprint density at radius 2 is 1.80 bits per heavy atom. The van der Waals surface area contributed by atoms with Gasteiger partial charge in [-0.1, -0.05) is 18.2 Å². The van der Waals surface area contributed by atoms with Gasteiger partial charge in [-0.15, -0.1) is 12.4 Å². The summed E-state index contributed by atoms with van der Waals surface area (Å²) in [6.07, 6.45) is 0.678. The van der Waals surface area contributed by atoms with Crippen LogP contribution in [0.15, 0.2) is 30.3 Å². The summed E-state index contributed by atoms with van der Waals surface area (Å²) in [6, 6.07) is 8.89. The Morgan fingerprint density at radius 1 is 1.20 bits per heavy atom. The van der Waals surface area contributed by atoms with Crippen LogP contribution in [0.1, 0.15) is 12.8 Å². The Labute approximate surface area is 93.8 Å². The van der Waals surface area contributed by atoms with Gasteiger partial charge in [0.25, 0.3) is 0 Å². The number of ether oxygens (including phenoxy) is 1. The lowest BCUT2D eigenvalue weighted by molar-refractivity contribution is -0.147. The molecular formula is C11H11ClO3. The Bertz CT molecular complexity index is 353. The molecule has 1 saturated carbocycles. The highest BCUT2D eigenvalue weighted by molar-refractivity contribution is 5.94. The molecule has 2 rings (SSSR count). The van der Waals surface area contributed by atoms with Crippen LogP contribution in [0.25, 0.3) is 0 Å². The first-order valence-corrected chi connectivity index (χ1v) is 4.54. The number of esters is 1. The van der Waals surface area contributed by atoms with Crippen LogP contribution in [0.2, 0.25) is 0 Å². The lowest BCUT2D eigenvalue weighted by atomic mass is 9.84. The Kier molecular flexibility index (Phi) is 3.86. The summed E-state index contributed by atoms with van der Waals surface area (Å²) in [4.78, 5) is 22.0. The Balaban J connectivity index is 0.00000112. The summed E-state index contributed by atoms with van der Waals surface area (Å²) < 4.78 is 5.08. The molecule has 0 amide bonds. The predicted octanol–water partition coefficient (Wildman–Crippen LogP) is 1.99. The molecule has 0 saturated heterocycles. The van der Waals surface area contributed by atoms with Gasteiger partial charge in [-0.25, -0.2) is 0 Å². The molecule has 0 radical (unpaired) electrons. The molecule has 0 unspecified atom stereocenters. The molecule has 0 spiro atoms. The highest BCUT2D eigenvalue weighted by Gasteiger charge is 2.34. The highest BCUT2D eigenvalue weighted by atomic mass is 35.5. The van der Waals surface area contributed by atoms with Crippen LogP contribution in [0, 0.1) is 5.92 Å². The van der Waals surface area contributed by atoms with Crippen molar-refractivity contribution in [1.29, 1.82) is 0 Å². The second-order valence-electron chi connectivity index (χ2n) is 3.38. The number of rotatable bonds is 2. The van der Waals surface area contributed by atoms with Crippen LogP contribution in [-0.4, -0.2) is 11.8 Å². The summed E-state index contributed by atoms with van der Waals surface area (Å²) in [5.74, 6) is 0.162.